The molecule has 2 aromatic rings. The van der Waals surface area contributed by atoms with Crippen LogP contribution in [-0.2, 0) is 23.1 Å². The molecule has 2 rings (SSSR count). The van der Waals surface area contributed by atoms with Gasteiger partial charge in [0.2, 0.25) is 0 Å². The molecule has 5 heteroatoms. The molecule has 0 saturated heterocycles. The van der Waals surface area contributed by atoms with E-state index in [-0.39, 0.29) is 0 Å². The summed E-state index contributed by atoms with van der Waals surface area (Å²) >= 11 is 0. The summed E-state index contributed by atoms with van der Waals surface area (Å²) in [5.41, 5.74) is 2.05. The molecule has 102 valence electrons. The lowest BCUT2D eigenvalue weighted by molar-refractivity contribution is 0.652. The first kappa shape index (κ1) is 13.8. The van der Waals surface area contributed by atoms with Crippen molar-refractivity contribution in [1.29, 1.82) is 0 Å². The first-order valence-electron chi connectivity index (χ1n) is 6.39. The molecule has 19 heavy (non-hydrogen) atoms. The Kier molecular flexibility index (Phi) is 4.74. The molecule has 4 nitrogen and oxygen atoms in total. The first-order valence-corrected chi connectivity index (χ1v) is 7.71. The molecule has 0 radical (unpaired) electrons. The Labute approximate surface area is 116 Å². The lowest BCUT2D eigenvalue weighted by Gasteiger charge is -2.07. The van der Waals surface area contributed by atoms with Crippen molar-refractivity contribution in [3.8, 4) is 0 Å². The average Bonchev–Trinajstić information content (AvgIpc) is 2.86. The number of anilines is 1. The largest absolute Gasteiger partial charge is 0.388 e. The van der Waals surface area contributed by atoms with Crippen LogP contribution in [0.2, 0.25) is 0 Å². The third-order valence-corrected chi connectivity index (χ3v) is 4.30. The fourth-order valence-corrected chi connectivity index (χ4v) is 3.02. The van der Waals surface area contributed by atoms with Crippen LogP contribution in [0, 0.1) is 0 Å². The summed E-state index contributed by atoms with van der Waals surface area (Å²) < 4.78 is 14.4. The van der Waals surface area contributed by atoms with Crippen LogP contribution < -0.4 is 5.32 Å². The molecule has 1 atom stereocenters. The van der Waals surface area contributed by atoms with E-state index >= 15 is 0 Å². The van der Waals surface area contributed by atoms with Crippen molar-refractivity contribution >= 4 is 16.5 Å². The van der Waals surface area contributed by atoms with Gasteiger partial charge in [0.25, 0.3) is 0 Å². The van der Waals surface area contributed by atoms with Crippen LogP contribution in [0.5, 0.6) is 0 Å². The highest BCUT2D eigenvalue weighted by atomic mass is 32.2. The van der Waals surface area contributed by atoms with Gasteiger partial charge in [0.1, 0.15) is 0 Å². The van der Waals surface area contributed by atoms with Crippen molar-refractivity contribution in [2.75, 3.05) is 12.4 Å². The quantitative estimate of drug-likeness (QED) is 0.883. The molecule has 1 N–H and O–H groups in total. The molecule has 0 aliphatic rings. The van der Waals surface area contributed by atoms with Crippen LogP contribution in [0.1, 0.15) is 19.0 Å². The van der Waals surface area contributed by atoms with Gasteiger partial charge >= 0.3 is 0 Å². The highest BCUT2D eigenvalue weighted by Crippen LogP contribution is 2.15. The number of imidazole rings is 1. The van der Waals surface area contributed by atoms with Crippen LogP contribution in [-0.4, -0.2) is 20.8 Å². The normalized spacial score (nSPS) is 12.3. The number of benzene rings is 1. The SMILES string of the molecule is CCCn1cncc1CS(=O)c1ccc(NC)cc1. The molecule has 1 aromatic carbocycles. The van der Waals surface area contributed by atoms with Gasteiger partial charge in [0.05, 0.1) is 28.6 Å². The molecule has 1 heterocycles. The van der Waals surface area contributed by atoms with E-state index in [1.807, 2.05) is 31.3 Å². The Morgan fingerprint density at radius 2 is 2.05 bits per heavy atom. The zero-order valence-corrected chi connectivity index (χ0v) is 12.1. The Morgan fingerprint density at radius 3 is 2.68 bits per heavy atom. The molecular formula is C14H19N3OS. The Morgan fingerprint density at radius 1 is 1.32 bits per heavy atom. The molecule has 0 amide bonds. The Bertz CT molecular complexity index is 548. The number of hydrogen-bond donors (Lipinski definition) is 1. The second kappa shape index (κ2) is 6.52. The van der Waals surface area contributed by atoms with Gasteiger partial charge in [-0.3, -0.25) is 4.21 Å². The van der Waals surface area contributed by atoms with E-state index in [1.165, 1.54) is 0 Å². The maximum absolute atomic E-state index is 12.3. The van der Waals surface area contributed by atoms with Crippen molar-refractivity contribution in [1.82, 2.24) is 9.55 Å². The minimum absolute atomic E-state index is 0.513. The second-order valence-corrected chi connectivity index (χ2v) is 5.79. The predicted molar refractivity (Wildman–Crippen MR) is 78.6 cm³/mol. The molecule has 0 spiro atoms. The molecule has 0 aliphatic heterocycles. The zero-order chi connectivity index (χ0) is 13.7. The standard InChI is InChI=1S/C14H19N3OS/c1-3-8-17-11-16-9-13(17)10-19(18)14-6-4-12(15-2)5-7-14/h4-7,9,11,15H,3,8,10H2,1-2H3. The number of nitrogens with one attached hydrogen (secondary N) is 1. The van der Waals surface area contributed by atoms with Gasteiger partial charge in [-0.2, -0.15) is 0 Å². The van der Waals surface area contributed by atoms with Crippen LogP contribution in [0.4, 0.5) is 5.69 Å². The van der Waals surface area contributed by atoms with Crippen LogP contribution in [0.15, 0.2) is 41.7 Å². The summed E-state index contributed by atoms with van der Waals surface area (Å²) in [5.74, 6) is 0.513. The molecular weight excluding hydrogens is 258 g/mol. The topological polar surface area (TPSA) is 46.9 Å². The lowest BCUT2D eigenvalue weighted by Crippen LogP contribution is -2.05. The van der Waals surface area contributed by atoms with Gasteiger partial charge in [0, 0.05) is 30.4 Å². The summed E-state index contributed by atoms with van der Waals surface area (Å²) in [6.45, 7) is 3.04. The van der Waals surface area contributed by atoms with Crippen molar-refractivity contribution in [3.05, 3.63) is 42.5 Å². The van der Waals surface area contributed by atoms with Gasteiger partial charge in [-0.25, -0.2) is 4.98 Å². The Hall–Kier alpha value is -1.62. The van der Waals surface area contributed by atoms with E-state index in [4.69, 9.17) is 0 Å². The van der Waals surface area contributed by atoms with E-state index < -0.39 is 10.8 Å². The second-order valence-electron chi connectivity index (χ2n) is 4.34. The van der Waals surface area contributed by atoms with Gasteiger partial charge in [-0.15, -0.1) is 0 Å². The summed E-state index contributed by atoms with van der Waals surface area (Å²) in [4.78, 5) is 4.98. The summed E-state index contributed by atoms with van der Waals surface area (Å²) in [6, 6.07) is 7.69. The van der Waals surface area contributed by atoms with Gasteiger partial charge in [-0.05, 0) is 30.7 Å². The first-order chi connectivity index (χ1) is 9.24. The minimum atomic E-state index is -1.03. The Balaban J connectivity index is 2.09. The molecule has 1 unspecified atom stereocenters. The molecule has 0 aliphatic carbocycles. The van der Waals surface area contributed by atoms with E-state index in [2.05, 4.69) is 21.8 Å². The van der Waals surface area contributed by atoms with Crippen molar-refractivity contribution in [3.63, 3.8) is 0 Å². The van der Waals surface area contributed by atoms with E-state index in [0.717, 1.165) is 29.2 Å². The summed E-state index contributed by atoms with van der Waals surface area (Å²) in [7, 11) is 0.845. The van der Waals surface area contributed by atoms with E-state index in [9.17, 15) is 4.21 Å². The third-order valence-electron chi connectivity index (χ3n) is 2.95. The monoisotopic (exact) mass is 277 g/mol. The molecule has 0 fully saturated rings. The number of rotatable bonds is 6. The van der Waals surface area contributed by atoms with Crippen molar-refractivity contribution in [2.24, 2.45) is 0 Å². The third kappa shape index (κ3) is 3.44. The maximum Gasteiger partial charge on any atom is 0.0948 e. The predicted octanol–water partition coefficient (Wildman–Crippen LogP) is 2.64. The van der Waals surface area contributed by atoms with E-state index in [1.54, 1.807) is 12.5 Å². The van der Waals surface area contributed by atoms with Gasteiger partial charge < -0.3 is 9.88 Å². The van der Waals surface area contributed by atoms with Crippen molar-refractivity contribution < 1.29 is 4.21 Å². The number of nitrogens with zero attached hydrogens (tertiary/aromatic N) is 2. The lowest BCUT2D eigenvalue weighted by atomic mass is 10.3. The van der Waals surface area contributed by atoms with Crippen LogP contribution in [0.25, 0.3) is 0 Å². The van der Waals surface area contributed by atoms with Gasteiger partial charge in [-0.1, -0.05) is 6.92 Å². The molecule has 1 aromatic heterocycles. The van der Waals surface area contributed by atoms with Crippen molar-refractivity contribution in [2.45, 2.75) is 30.5 Å². The zero-order valence-electron chi connectivity index (χ0n) is 11.3. The molecule has 0 saturated carbocycles. The smallest absolute Gasteiger partial charge is 0.0948 e. The van der Waals surface area contributed by atoms with E-state index in [0.29, 0.717) is 5.75 Å². The fourth-order valence-electron chi connectivity index (χ4n) is 1.90. The fraction of sp³-hybridized carbons (Fsp3) is 0.357. The average molecular weight is 277 g/mol. The maximum atomic E-state index is 12.3. The van der Waals surface area contributed by atoms with Gasteiger partial charge in [0.15, 0.2) is 0 Å². The number of hydrogen-bond acceptors (Lipinski definition) is 3. The highest BCUT2D eigenvalue weighted by molar-refractivity contribution is 7.84. The number of aryl methyl sites for hydroxylation is 1. The summed E-state index contributed by atoms with van der Waals surface area (Å²) in [5, 5.41) is 3.05. The van der Waals surface area contributed by atoms with Crippen LogP contribution in [0.3, 0.4) is 0 Å². The highest BCUT2D eigenvalue weighted by Gasteiger charge is 2.09. The number of aromatic nitrogens is 2. The summed E-state index contributed by atoms with van der Waals surface area (Å²) in [6.07, 6.45) is 4.66. The molecule has 0 bridgehead atoms. The van der Waals surface area contributed by atoms with Crippen LogP contribution >= 0.6 is 0 Å². The minimum Gasteiger partial charge on any atom is -0.388 e.